The fourth-order valence-corrected chi connectivity index (χ4v) is 4.97. The van der Waals surface area contributed by atoms with Crippen LogP contribution >= 0.6 is 11.6 Å². The van der Waals surface area contributed by atoms with Crippen LogP contribution in [0.25, 0.3) is 11.0 Å². The number of aryl methyl sites for hydroxylation is 1. The molecule has 0 aliphatic heterocycles. The summed E-state index contributed by atoms with van der Waals surface area (Å²) in [6.07, 6.45) is 2.98. The van der Waals surface area contributed by atoms with Crippen molar-refractivity contribution in [1.82, 2.24) is 0 Å². The van der Waals surface area contributed by atoms with Gasteiger partial charge < -0.3 is 4.42 Å². The molecule has 5 nitrogen and oxygen atoms in total. The third-order valence-corrected chi connectivity index (χ3v) is 7.14. The van der Waals surface area contributed by atoms with E-state index < -0.39 is 15.9 Å². The number of nitrogens with zero attached hydrogens (tertiary/aromatic N) is 1. The summed E-state index contributed by atoms with van der Waals surface area (Å²) in [7, 11) is -4.22. The predicted octanol–water partition coefficient (Wildman–Crippen LogP) is 6.46. The number of amides is 1. The molecule has 0 aliphatic rings. The van der Waals surface area contributed by atoms with Gasteiger partial charge in [0.05, 0.1) is 10.6 Å². The summed E-state index contributed by atoms with van der Waals surface area (Å²) in [5, 5.41) is 1.12. The van der Waals surface area contributed by atoms with Crippen LogP contribution in [-0.4, -0.2) is 14.3 Å². The molecule has 1 amide bonds. The fourth-order valence-electron chi connectivity index (χ4n) is 3.44. The van der Waals surface area contributed by atoms with E-state index >= 15 is 0 Å². The average molecular weight is 468 g/mol. The lowest BCUT2D eigenvalue weighted by atomic mass is 10.1. The second kappa shape index (κ2) is 9.18. The van der Waals surface area contributed by atoms with Gasteiger partial charge >= 0.3 is 5.91 Å². The van der Waals surface area contributed by atoms with Gasteiger partial charge in [-0.25, -0.2) is 8.42 Å². The van der Waals surface area contributed by atoms with Crippen LogP contribution in [-0.2, 0) is 16.4 Å². The molecule has 32 heavy (non-hydrogen) atoms. The molecule has 164 valence electrons. The first kappa shape index (κ1) is 22.1. The number of carbonyl (C=O) groups is 1. The van der Waals surface area contributed by atoms with Crippen LogP contribution in [0.4, 0.5) is 5.69 Å². The van der Waals surface area contributed by atoms with Crippen molar-refractivity contribution in [3.05, 3.63) is 95.2 Å². The SMILES string of the molecule is CCCCc1ccc(N(C(=O)c2cc3ccccc3o2)S(=O)(=O)c2ccc(Cl)cc2)cc1. The Morgan fingerprint density at radius 1 is 0.969 bits per heavy atom. The highest BCUT2D eigenvalue weighted by Crippen LogP contribution is 2.29. The number of fused-ring (bicyclic) bond motifs is 1. The quantitative estimate of drug-likeness (QED) is 0.312. The third kappa shape index (κ3) is 4.42. The molecular formula is C25H22ClNO4S. The predicted molar refractivity (Wildman–Crippen MR) is 127 cm³/mol. The number of hydrogen-bond donors (Lipinski definition) is 0. The molecule has 4 rings (SSSR count). The van der Waals surface area contributed by atoms with Crippen molar-refractivity contribution < 1.29 is 17.6 Å². The molecular weight excluding hydrogens is 446 g/mol. The van der Waals surface area contributed by atoms with Crippen LogP contribution in [0.5, 0.6) is 0 Å². The first-order chi connectivity index (χ1) is 15.4. The summed E-state index contributed by atoms with van der Waals surface area (Å²) >= 11 is 5.93. The van der Waals surface area contributed by atoms with Gasteiger partial charge in [-0.3, -0.25) is 4.79 Å². The monoisotopic (exact) mass is 467 g/mol. The van der Waals surface area contributed by atoms with E-state index in [0.29, 0.717) is 10.6 Å². The molecule has 0 fully saturated rings. The van der Waals surface area contributed by atoms with Gasteiger partial charge in [0.25, 0.3) is 10.0 Å². The largest absolute Gasteiger partial charge is 0.451 e. The van der Waals surface area contributed by atoms with E-state index in [1.807, 2.05) is 18.2 Å². The highest BCUT2D eigenvalue weighted by molar-refractivity contribution is 7.93. The summed E-state index contributed by atoms with van der Waals surface area (Å²) in [4.78, 5) is 13.4. The van der Waals surface area contributed by atoms with Crippen molar-refractivity contribution >= 4 is 44.2 Å². The molecule has 0 saturated carbocycles. The van der Waals surface area contributed by atoms with Crippen molar-refractivity contribution in [1.29, 1.82) is 0 Å². The Morgan fingerprint density at radius 2 is 1.66 bits per heavy atom. The standard InChI is InChI=1S/C25H22ClNO4S/c1-2-3-6-18-9-13-21(14-10-18)27(32(29,30)22-15-11-20(26)12-16-22)25(28)24-17-19-7-4-5-8-23(19)31-24/h4-5,7-17H,2-3,6H2,1H3. The summed E-state index contributed by atoms with van der Waals surface area (Å²) in [5.41, 5.74) is 1.83. The molecule has 1 heterocycles. The fraction of sp³-hybridized carbons (Fsp3) is 0.160. The number of anilines is 1. The van der Waals surface area contributed by atoms with Gasteiger partial charge in [-0.15, -0.1) is 0 Å². The lowest BCUT2D eigenvalue weighted by Crippen LogP contribution is -2.36. The minimum Gasteiger partial charge on any atom is -0.451 e. The van der Waals surface area contributed by atoms with Crippen molar-refractivity contribution in [2.45, 2.75) is 31.1 Å². The average Bonchev–Trinajstić information content (AvgIpc) is 3.23. The molecule has 0 bridgehead atoms. The van der Waals surface area contributed by atoms with Crippen LogP contribution in [0, 0.1) is 0 Å². The van der Waals surface area contributed by atoms with Gasteiger partial charge in [0, 0.05) is 10.4 Å². The number of hydrogen-bond acceptors (Lipinski definition) is 4. The first-order valence-corrected chi connectivity index (χ1v) is 12.1. The zero-order chi connectivity index (χ0) is 22.7. The number of sulfonamides is 1. The Labute approximate surface area is 192 Å². The molecule has 7 heteroatoms. The van der Waals surface area contributed by atoms with Crippen molar-refractivity contribution in [2.24, 2.45) is 0 Å². The molecule has 1 aromatic heterocycles. The van der Waals surface area contributed by atoms with Crippen LogP contribution in [0.2, 0.25) is 5.02 Å². The molecule has 0 atom stereocenters. The lowest BCUT2D eigenvalue weighted by molar-refractivity contribution is 0.0981. The summed E-state index contributed by atoms with van der Waals surface area (Å²) in [6.45, 7) is 2.11. The molecule has 0 unspecified atom stereocenters. The number of unbranched alkanes of at least 4 members (excludes halogenated alkanes) is 1. The van der Waals surface area contributed by atoms with Gasteiger partial charge in [0.1, 0.15) is 5.58 Å². The van der Waals surface area contributed by atoms with E-state index in [9.17, 15) is 13.2 Å². The number of carbonyl (C=O) groups excluding carboxylic acids is 1. The van der Waals surface area contributed by atoms with Crippen molar-refractivity contribution in [3.8, 4) is 0 Å². The van der Waals surface area contributed by atoms with E-state index in [1.165, 1.54) is 24.3 Å². The maximum Gasteiger partial charge on any atom is 0.308 e. The van der Waals surface area contributed by atoms with E-state index in [2.05, 4.69) is 6.92 Å². The number of benzene rings is 3. The highest BCUT2D eigenvalue weighted by Gasteiger charge is 2.33. The zero-order valence-electron chi connectivity index (χ0n) is 17.5. The van der Waals surface area contributed by atoms with Crippen molar-refractivity contribution in [2.75, 3.05) is 4.31 Å². The van der Waals surface area contributed by atoms with Crippen LogP contribution < -0.4 is 4.31 Å². The van der Waals surface area contributed by atoms with Gasteiger partial charge in [-0.2, -0.15) is 4.31 Å². The lowest BCUT2D eigenvalue weighted by Gasteiger charge is -2.22. The minimum absolute atomic E-state index is 0.0404. The Morgan fingerprint density at radius 3 is 2.31 bits per heavy atom. The van der Waals surface area contributed by atoms with E-state index in [1.54, 1.807) is 36.4 Å². The smallest absolute Gasteiger partial charge is 0.308 e. The highest BCUT2D eigenvalue weighted by atomic mass is 35.5. The van der Waals surface area contributed by atoms with Gasteiger partial charge in [-0.05, 0) is 66.9 Å². The topological polar surface area (TPSA) is 67.6 Å². The summed E-state index contributed by atoms with van der Waals surface area (Å²) in [6, 6.07) is 21.4. The Balaban J connectivity index is 1.80. The van der Waals surface area contributed by atoms with Crippen LogP contribution in [0.1, 0.15) is 35.9 Å². The number of furan rings is 1. The first-order valence-electron chi connectivity index (χ1n) is 10.3. The maximum atomic E-state index is 13.6. The molecule has 0 spiro atoms. The van der Waals surface area contributed by atoms with Gasteiger partial charge in [-0.1, -0.05) is 55.3 Å². The number of rotatable bonds is 7. The molecule has 3 aromatic carbocycles. The van der Waals surface area contributed by atoms with Crippen LogP contribution in [0.15, 0.2) is 88.2 Å². The second-order valence-corrected chi connectivity index (χ2v) is 9.67. The summed E-state index contributed by atoms with van der Waals surface area (Å²) < 4.78 is 33.6. The minimum atomic E-state index is -4.22. The molecule has 0 N–H and O–H groups in total. The second-order valence-electron chi connectivity index (χ2n) is 7.45. The molecule has 0 radical (unpaired) electrons. The van der Waals surface area contributed by atoms with Crippen molar-refractivity contribution in [3.63, 3.8) is 0 Å². The van der Waals surface area contributed by atoms with Crippen LogP contribution in [0.3, 0.4) is 0 Å². The normalized spacial score (nSPS) is 11.6. The molecule has 4 aromatic rings. The third-order valence-electron chi connectivity index (χ3n) is 5.16. The maximum absolute atomic E-state index is 13.6. The Kier molecular flexibility index (Phi) is 6.35. The van der Waals surface area contributed by atoms with E-state index in [-0.39, 0.29) is 16.3 Å². The van der Waals surface area contributed by atoms with Gasteiger partial charge in [0.15, 0.2) is 5.76 Å². The van der Waals surface area contributed by atoms with Gasteiger partial charge in [0.2, 0.25) is 0 Å². The Hall–Kier alpha value is -3.09. The number of para-hydroxylation sites is 1. The zero-order valence-corrected chi connectivity index (χ0v) is 19.1. The molecule has 0 saturated heterocycles. The molecule has 0 aliphatic carbocycles. The Bertz CT molecular complexity index is 1310. The van der Waals surface area contributed by atoms with E-state index in [0.717, 1.165) is 34.5 Å². The van der Waals surface area contributed by atoms with E-state index in [4.69, 9.17) is 16.0 Å². The number of halogens is 1. The summed E-state index contributed by atoms with van der Waals surface area (Å²) in [5.74, 6) is -0.823.